The van der Waals surface area contributed by atoms with E-state index in [0.717, 1.165) is 55.3 Å². The number of aromatic nitrogens is 1. The van der Waals surface area contributed by atoms with Gasteiger partial charge < -0.3 is 14.6 Å². The first kappa shape index (κ1) is 24.7. The number of halogens is 1. The minimum atomic E-state index is -0.456. The van der Waals surface area contributed by atoms with Gasteiger partial charge in [0.1, 0.15) is 11.3 Å². The predicted molar refractivity (Wildman–Crippen MR) is 137 cm³/mol. The van der Waals surface area contributed by atoms with Crippen LogP contribution in [0.5, 0.6) is 5.75 Å². The van der Waals surface area contributed by atoms with Crippen LogP contribution in [0.3, 0.4) is 0 Å². The molecule has 4 rings (SSSR count). The van der Waals surface area contributed by atoms with E-state index in [0.29, 0.717) is 23.0 Å². The van der Waals surface area contributed by atoms with Crippen molar-refractivity contribution in [3.8, 4) is 5.75 Å². The van der Waals surface area contributed by atoms with E-state index in [1.807, 2.05) is 24.3 Å². The van der Waals surface area contributed by atoms with Crippen molar-refractivity contribution in [3.63, 3.8) is 0 Å². The summed E-state index contributed by atoms with van der Waals surface area (Å²) in [5.41, 5.74) is 3.37. The molecule has 0 atom stereocenters. The second-order valence-electron chi connectivity index (χ2n) is 8.77. The number of ether oxygens (including phenoxy) is 1. The van der Waals surface area contributed by atoms with Gasteiger partial charge in [-0.15, -0.1) is 0 Å². The molecule has 2 aromatic carbocycles. The van der Waals surface area contributed by atoms with Crippen LogP contribution in [0, 0.1) is 0 Å². The van der Waals surface area contributed by atoms with Crippen molar-refractivity contribution in [2.75, 3.05) is 5.32 Å². The lowest BCUT2D eigenvalue weighted by Crippen LogP contribution is -2.33. The quantitative estimate of drug-likeness (QED) is 0.349. The first-order valence-electron chi connectivity index (χ1n) is 12.1. The monoisotopic (exact) mass is 492 g/mol. The van der Waals surface area contributed by atoms with E-state index in [1.165, 1.54) is 0 Å². The van der Waals surface area contributed by atoms with E-state index in [4.69, 9.17) is 16.3 Å². The molecule has 0 saturated heterocycles. The highest BCUT2D eigenvalue weighted by atomic mass is 35.5. The molecule has 35 heavy (non-hydrogen) atoms. The molecule has 182 valence electrons. The zero-order valence-corrected chi connectivity index (χ0v) is 20.6. The van der Waals surface area contributed by atoms with Crippen LogP contribution < -0.4 is 15.6 Å². The van der Waals surface area contributed by atoms with Crippen molar-refractivity contribution in [2.24, 2.45) is 0 Å². The number of rotatable bonds is 6. The zero-order valence-electron chi connectivity index (χ0n) is 19.8. The first-order valence-corrected chi connectivity index (χ1v) is 12.4. The fraction of sp³-hybridized carbons (Fsp3) is 0.321. The SMILES string of the molecule is CCC(=O)Oc1ccc(NC(=O)c2cc3c(n(Cc4ccc(Cl)cc4)c2=O)CCCCCC3)cc1. The lowest BCUT2D eigenvalue weighted by molar-refractivity contribution is -0.134. The van der Waals surface area contributed by atoms with Crippen LogP contribution in [0.2, 0.25) is 5.02 Å². The molecule has 0 bridgehead atoms. The largest absolute Gasteiger partial charge is 0.427 e. The Morgan fingerprint density at radius 3 is 2.34 bits per heavy atom. The molecule has 3 aromatic rings. The zero-order chi connectivity index (χ0) is 24.8. The summed E-state index contributed by atoms with van der Waals surface area (Å²) in [4.78, 5) is 38.2. The van der Waals surface area contributed by atoms with Crippen LogP contribution in [-0.2, 0) is 24.2 Å². The summed E-state index contributed by atoms with van der Waals surface area (Å²) in [5.74, 6) is -0.381. The fourth-order valence-electron chi connectivity index (χ4n) is 4.34. The van der Waals surface area contributed by atoms with Crippen LogP contribution >= 0.6 is 11.6 Å². The molecule has 1 aliphatic carbocycles. The summed E-state index contributed by atoms with van der Waals surface area (Å²) in [6.07, 6.45) is 6.27. The fourth-order valence-corrected chi connectivity index (χ4v) is 4.47. The molecule has 0 aliphatic heterocycles. The third-order valence-electron chi connectivity index (χ3n) is 6.23. The van der Waals surface area contributed by atoms with E-state index < -0.39 is 5.91 Å². The van der Waals surface area contributed by atoms with Crippen molar-refractivity contribution in [1.29, 1.82) is 0 Å². The minimum absolute atomic E-state index is 0.125. The van der Waals surface area contributed by atoms with E-state index >= 15 is 0 Å². The molecule has 7 heteroatoms. The van der Waals surface area contributed by atoms with Crippen LogP contribution in [0.4, 0.5) is 5.69 Å². The first-order chi connectivity index (χ1) is 16.9. The van der Waals surface area contributed by atoms with Gasteiger partial charge in [-0.05, 0) is 79.3 Å². The van der Waals surface area contributed by atoms with Crippen LogP contribution in [0.25, 0.3) is 0 Å². The molecule has 0 spiro atoms. The van der Waals surface area contributed by atoms with Gasteiger partial charge in [-0.25, -0.2) is 0 Å². The molecule has 0 unspecified atom stereocenters. The topological polar surface area (TPSA) is 77.4 Å². The molecule has 0 fully saturated rings. The summed E-state index contributed by atoms with van der Waals surface area (Å²) in [6.45, 7) is 2.11. The Kier molecular flexibility index (Phi) is 8.03. The summed E-state index contributed by atoms with van der Waals surface area (Å²) < 4.78 is 6.93. The minimum Gasteiger partial charge on any atom is -0.427 e. The number of anilines is 1. The summed E-state index contributed by atoms with van der Waals surface area (Å²) in [7, 11) is 0. The molecular weight excluding hydrogens is 464 g/mol. The summed E-state index contributed by atoms with van der Waals surface area (Å²) in [6, 6.07) is 15.7. The Balaban J connectivity index is 1.65. The number of aryl methyl sites for hydroxylation is 1. The number of esters is 1. The molecule has 6 nitrogen and oxygen atoms in total. The standard InChI is InChI=1S/C28H29ClN2O4/c1-2-26(32)35-23-15-13-22(14-16-23)30-27(33)24-17-20-7-5-3-4-6-8-25(20)31(28(24)34)18-19-9-11-21(29)12-10-19/h9-17H,2-8,18H2,1H3,(H,30,33). The third kappa shape index (κ3) is 6.20. The molecule has 1 amide bonds. The second kappa shape index (κ2) is 11.4. The van der Waals surface area contributed by atoms with E-state index in [9.17, 15) is 14.4 Å². The number of benzene rings is 2. The van der Waals surface area contributed by atoms with Gasteiger partial charge in [0.2, 0.25) is 0 Å². The molecule has 1 heterocycles. The number of carbonyl (C=O) groups is 2. The van der Waals surface area contributed by atoms with Gasteiger partial charge in [-0.2, -0.15) is 0 Å². The van der Waals surface area contributed by atoms with Gasteiger partial charge in [-0.3, -0.25) is 14.4 Å². The third-order valence-corrected chi connectivity index (χ3v) is 6.48. The normalized spacial score (nSPS) is 13.3. The summed E-state index contributed by atoms with van der Waals surface area (Å²) in [5, 5.41) is 3.46. The van der Waals surface area contributed by atoms with Gasteiger partial charge in [0.15, 0.2) is 0 Å². The highest BCUT2D eigenvalue weighted by molar-refractivity contribution is 6.30. The van der Waals surface area contributed by atoms with Crippen molar-refractivity contribution in [2.45, 2.75) is 58.4 Å². The highest BCUT2D eigenvalue weighted by Crippen LogP contribution is 2.22. The lowest BCUT2D eigenvalue weighted by atomic mass is 9.95. The Hall–Kier alpha value is -3.38. The molecule has 1 aliphatic rings. The van der Waals surface area contributed by atoms with Crippen LogP contribution in [-0.4, -0.2) is 16.4 Å². The maximum absolute atomic E-state index is 13.6. The van der Waals surface area contributed by atoms with Gasteiger partial charge in [0.05, 0.1) is 6.54 Å². The van der Waals surface area contributed by atoms with Gasteiger partial charge in [0, 0.05) is 22.8 Å². The number of hydrogen-bond donors (Lipinski definition) is 1. The Morgan fingerprint density at radius 1 is 0.971 bits per heavy atom. The van der Waals surface area contributed by atoms with Crippen molar-refractivity contribution in [1.82, 2.24) is 4.57 Å². The maximum Gasteiger partial charge on any atom is 0.310 e. The van der Waals surface area contributed by atoms with Crippen molar-refractivity contribution < 1.29 is 14.3 Å². The lowest BCUT2D eigenvalue weighted by Gasteiger charge is -2.21. The number of pyridine rings is 1. The molecular formula is C28H29ClN2O4. The van der Waals surface area contributed by atoms with Gasteiger partial charge in [-0.1, -0.05) is 43.5 Å². The van der Waals surface area contributed by atoms with E-state index in [-0.39, 0.29) is 23.5 Å². The van der Waals surface area contributed by atoms with Crippen molar-refractivity contribution >= 4 is 29.2 Å². The average molecular weight is 493 g/mol. The van der Waals surface area contributed by atoms with E-state index in [1.54, 1.807) is 41.8 Å². The van der Waals surface area contributed by atoms with Crippen LogP contribution in [0.15, 0.2) is 59.4 Å². The van der Waals surface area contributed by atoms with Crippen LogP contribution in [0.1, 0.15) is 66.2 Å². The second-order valence-corrected chi connectivity index (χ2v) is 9.20. The van der Waals surface area contributed by atoms with E-state index in [2.05, 4.69) is 5.32 Å². The van der Waals surface area contributed by atoms with Gasteiger partial charge >= 0.3 is 5.97 Å². The Morgan fingerprint density at radius 2 is 1.66 bits per heavy atom. The maximum atomic E-state index is 13.6. The smallest absolute Gasteiger partial charge is 0.310 e. The Labute approximate surface area is 209 Å². The number of nitrogens with zero attached hydrogens (tertiary/aromatic N) is 1. The molecule has 0 saturated carbocycles. The number of hydrogen-bond acceptors (Lipinski definition) is 4. The predicted octanol–water partition coefficient (Wildman–Crippen LogP) is 5.78. The number of nitrogens with one attached hydrogen (secondary N) is 1. The number of fused-ring (bicyclic) bond motifs is 1. The van der Waals surface area contributed by atoms with Gasteiger partial charge in [0.25, 0.3) is 11.5 Å². The number of carbonyl (C=O) groups excluding carboxylic acids is 2. The molecule has 1 aromatic heterocycles. The number of amides is 1. The Bertz CT molecular complexity index is 1260. The molecule has 0 radical (unpaired) electrons. The average Bonchev–Trinajstić information content (AvgIpc) is 2.84. The molecule has 1 N–H and O–H groups in total. The summed E-state index contributed by atoms with van der Waals surface area (Å²) >= 11 is 6.04. The highest BCUT2D eigenvalue weighted by Gasteiger charge is 2.20. The van der Waals surface area contributed by atoms with Crippen molar-refractivity contribution in [3.05, 3.63) is 92.4 Å².